The van der Waals surface area contributed by atoms with Crippen molar-refractivity contribution in [3.63, 3.8) is 0 Å². The Morgan fingerprint density at radius 1 is 1.04 bits per heavy atom. The lowest BCUT2D eigenvalue weighted by molar-refractivity contribution is -0.385. The molecular formula is C17H9N3O6S2. The van der Waals surface area contributed by atoms with E-state index >= 15 is 0 Å². The van der Waals surface area contributed by atoms with Gasteiger partial charge in [0, 0.05) is 29.8 Å². The Morgan fingerprint density at radius 3 is 2.29 bits per heavy atom. The molecule has 0 unspecified atom stereocenters. The van der Waals surface area contributed by atoms with Gasteiger partial charge in [0.25, 0.3) is 23.2 Å². The summed E-state index contributed by atoms with van der Waals surface area (Å²) >= 11 is 6.01. The first-order valence-corrected chi connectivity index (χ1v) is 8.81. The third-order valence-corrected chi connectivity index (χ3v) is 5.00. The summed E-state index contributed by atoms with van der Waals surface area (Å²) in [5.41, 5.74) is 0.110. The van der Waals surface area contributed by atoms with E-state index in [2.05, 4.69) is 0 Å². The molecule has 0 radical (unpaired) electrons. The second-order valence-corrected chi connectivity index (χ2v) is 7.15. The molecule has 0 aliphatic carbocycles. The number of carbonyl (C=O) groups excluding carboxylic acids is 2. The fraction of sp³-hybridized carbons (Fsp3) is 0. The van der Waals surface area contributed by atoms with E-state index in [1.807, 2.05) is 0 Å². The molecule has 2 aromatic carbocycles. The van der Waals surface area contributed by atoms with Crippen molar-refractivity contribution in [3.8, 4) is 0 Å². The molecule has 0 spiro atoms. The standard InChI is InChI=1S/C17H9N3O6S2/c21-15(11-2-1-3-13(9-11)20(25)26)18-16(22)14(28-17(18)27)8-10-4-6-12(7-5-10)19(23)24/h1-9H/b14-8+. The first-order valence-electron chi connectivity index (χ1n) is 7.59. The van der Waals surface area contributed by atoms with E-state index in [9.17, 15) is 29.8 Å². The van der Waals surface area contributed by atoms with E-state index in [1.165, 1.54) is 48.5 Å². The summed E-state index contributed by atoms with van der Waals surface area (Å²) in [6.45, 7) is 0. The second kappa shape index (κ2) is 7.66. The van der Waals surface area contributed by atoms with Crippen molar-refractivity contribution in [2.24, 2.45) is 0 Å². The van der Waals surface area contributed by atoms with Crippen molar-refractivity contribution < 1.29 is 19.4 Å². The van der Waals surface area contributed by atoms with Crippen LogP contribution in [0.1, 0.15) is 15.9 Å². The number of benzene rings is 2. The number of non-ortho nitro benzene ring substituents is 2. The van der Waals surface area contributed by atoms with Crippen LogP contribution in [0.25, 0.3) is 6.08 Å². The Hall–Kier alpha value is -3.44. The van der Waals surface area contributed by atoms with Gasteiger partial charge in [0.05, 0.1) is 14.8 Å². The van der Waals surface area contributed by atoms with Gasteiger partial charge in [-0.05, 0) is 29.8 Å². The van der Waals surface area contributed by atoms with Crippen LogP contribution in [-0.4, -0.2) is 30.9 Å². The average Bonchev–Trinajstić information content (AvgIpc) is 2.95. The van der Waals surface area contributed by atoms with Crippen molar-refractivity contribution in [2.75, 3.05) is 0 Å². The quantitative estimate of drug-likeness (QED) is 0.244. The van der Waals surface area contributed by atoms with Gasteiger partial charge >= 0.3 is 0 Å². The first kappa shape index (κ1) is 19.3. The summed E-state index contributed by atoms with van der Waals surface area (Å²) in [5.74, 6) is -1.43. The van der Waals surface area contributed by atoms with E-state index in [-0.39, 0.29) is 26.2 Å². The Kier molecular flexibility index (Phi) is 5.29. The number of rotatable bonds is 4. The number of amides is 2. The predicted octanol–water partition coefficient (Wildman–Crippen LogP) is 3.54. The minimum atomic E-state index is -0.765. The molecule has 2 amide bonds. The van der Waals surface area contributed by atoms with Crippen LogP contribution in [0.2, 0.25) is 0 Å². The highest BCUT2D eigenvalue weighted by molar-refractivity contribution is 8.26. The van der Waals surface area contributed by atoms with Crippen LogP contribution in [0, 0.1) is 20.2 Å². The summed E-state index contributed by atoms with van der Waals surface area (Å²) in [5, 5.41) is 21.6. The molecule has 9 nitrogen and oxygen atoms in total. The molecule has 3 rings (SSSR count). The zero-order valence-electron chi connectivity index (χ0n) is 13.8. The number of nitrogens with zero attached hydrogens (tertiary/aromatic N) is 3. The van der Waals surface area contributed by atoms with Crippen LogP contribution < -0.4 is 0 Å². The van der Waals surface area contributed by atoms with Crippen molar-refractivity contribution in [3.05, 3.63) is 84.8 Å². The first-order chi connectivity index (χ1) is 13.3. The lowest BCUT2D eigenvalue weighted by Gasteiger charge is -2.12. The Bertz CT molecular complexity index is 1060. The van der Waals surface area contributed by atoms with Gasteiger partial charge in [0.2, 0.25) is 0 Å². The van der Waals surface area contributed by atoms with Crippen molar-refractivity contribution in [1.82, 2.24) is 4.90 Å². The van der Waals surface area contributed by atoms with Gasteiger partial charge in [-0.2, -0.15) is 0 Å². The molecule has 1 aliphatic heterocycles. The van der Waals surface area contributed by atoms with Gasteiger partial charge in [0.15, 0.2) is 4.32 Å². The zero-order chi connectivity index (χ0) is 20.4. The molecule has 28 heavy (non-hydrogen) atoms. The van der Waals surface area contributed by atoms with Gasteiger partial charge in [-0.1, -0.05) is 30.0 Å². The topological polar surface area (TPSA) is 124 Å². The third-order valence-electron chi connectivity index (χ3n) is 3.70. The number of nitro benzene ring substituents is 2. The van der Waals surface area contributed by atoms with E-state index in [0.29, 0.717) is 5.56 Å². The summed E-state index contributed by atoms with van der Waals surface area (Å²) < 4.78 is -0.00494. The number of imide groups is 1. The molecule has 0 saturated carbocycles. The molecule has 0 bridgehead atoms. The number of nitro groups is 2. The van der Waals surface area contributed by atoms with E-state index < -0.39 is 21.7 Å². The van der Waals surface area contributed by atoms with E-state index in [4.69, 9.17) is 12.2 Å². The maximum atomic E-state index is 12.6. The lowest BCUT2D eigenvalue weighted by atomic mass is 10.1. The fourth-order valence-electron chi connectivity index (χ4n) is 2.37. The van der Waals surface area contributed by atoms with Gasteiger partial charge in [-0.3, -0.25) is 29.8 Å². The van der Waals surface area contributed by atoms with Crippen LogP contribution >= 0.6 is 24.0 Å². The highest BCUT2D eigenvalue weighted by Crippen LogP contribution is 2.34. The SMILES string of the molecule is O=C1/C(=C\c2ccc([N+](=O)[O-])cc2)SC(=S)N1C(=O)c1cccc([N+](=O)[O-])c1. The van der Waals surface area contributed by atoms with Gasteiger partial charge in [-0.25, -0.2) is 4.90 Å². The molecule has 1 heterocycles. The maximum Gasteiger partial charge on any atom is 0.273 e. The summed E-state index contributed by atoms with van der Waals surface area (Å²) in [6.07, 6.45) is 1.46. The lowest BCUT2D eigenvalue weighted by Crippen LogP contribution is -2.34. The summed E-state index contributed by atoms with van der Waals surface area (Å²) in [6, 6.07) is 10.5. The molecule has 140 valence electrons. The van der Waals surface area contributed by atoms with Gasteiger partial charge in [0.1, 0.15) is 0 Å². The number of thioether (sulfide) groups is 1. The molecule has 0 atom stereocenters. The smallest absolute Gasteiger partial charge is 0.268 e. The van der Waals surface area contributed by atoms with Crippen molar-refractivity contribution in [2.45, 2.75) is 0 Å². The number of thiocarbonyl (C=S) groups is 1. The maximum absolute atomic E-state index is 12.6. The highest BCUT2D eigenvalue weighted by atomic mass is 32.2. The van der Waals surface area contributed by atoms with Crippen molar-refractivity contribution in [1.29, 1.82) is 0 Å². The molecule has 1 saturated heterocycles. The largest absolute Gasteiger partial charge is 0.273 e. The third kappa shape index (κ3) is 3.80. The number of hydrogen-bond donors (Lipinski definition) is 0. The van der Waals surface area contributed by atoms with E-state index in [0.717, 1.165) is 22.7 Å². The minimum absolute atomic E-state index is 0.00494. The fourth-order valence-corrected chi connectivity index (χ4v) is 3.62. The average molecular weight is 415 g/mol. The van der Waals surface area contributed by atoms with Crippen LogP contribution in [-0.2, 0) is 4.79 Å². The molecule has 2 aromatic rings. The molecule has 1 fully saturated rings. The zero-order valence-corrected chi connectivity index (χ0v) is 15.4. The molecular weight excluding hydrogens is 406 g/mol. The molecule has 11 heteroatoms. The van der Waals surface area contributed by atoms with Crippen LogP contribution in [0.15, 0.2) is 53.4 Å². The predicted molar refractivity (Wildman–Crippen MR) is 106 cm³/mol. The molecule has 0 N–H and O–H groups in total. The van der Waals surface area contributed by atoms with Gasteiger partial charge < -0.3 is 0 Å². The summed E-state index contributed by atoms with van der Waals surface area (Å²) in [7, 11) is 0. The summed E-state index contributed by atoms with van der Waals surface area (Å²) in [4.78, 5) is 46.6. The van der Waals surface area contributed by atoms with Gasteiger partial charge in [-0.15, -0.1) is 0 Å². The monoisotopic (exact) mass is 415 g/mol. The second-order valence-electron chi connectivity index (χ2n) is 5.48. The Labute approximate surface area is 166 Å². The number of hydrogen-bond acceptors (Lipinski definition) is 8. The van der Waals surface area contributed by atoms with E-state index in [1.54, 1.807) is 0 Å². The minimum Gasteiger partial charge on any atom is -0.268 e. The molecule has 0 aromatic heterocycles. The van der Waals surface area contributed by atoms with Crippen LogP contribution in [0.3, 0.4) is 0 Å². The molecule has 1 aliphatic rings. The Balaban J connectivity index is 1.87. The highest BCUT2D eigenvalue weighted by Gasteiger charge is 2.37. The van der Waals surface area contributed by atoms with Crippen LogP contribution in [0.4, 0.5) is 11.4 Å². The normalized spacial score (nSPS) is 15.1. The van der Waals surface area contributed by atoms with Crippen LogP contribution in [0.5, 0.6) is 0 Å². The Morgan fingerprint density at radius 2 is 1.68 bits per heavy atom. The van der Waals surface area contributed by atoms with Crippen molar-refractivity contribution >= 4 is 57.6 Å². The number of carbonyl (C=O) groups is 2.